The maximum atomic E-state index is 13.7. The number of aryl methyl sites for hydroxylation is 3. The van der Waals surface area contributed by atoms with Crippen LogP contribution in [0.3, 0.4) is 0 Å². The molecule has 0 atom stereocenters. The maximum absolute atomic E-state index is 13.7. The summed E-state index contributed by atoms with van der Waals surface area (Å²) < 4.78 is 0. The minimum absolute atomic E-state index is 0.307. The van der Waals surface area contributed by atoms with Crippen molar-refractivity contribution in [2.75, 3.05) is 28.2 Å². The Morgan fingerprint density at radius 3 is 2.03 bits per heavy atom. The molecule has 178 valence electrons. The third-order valence-corrected chi connectivity index (χ3v) is 6.88. The molecule has 0 radical (unpaired) electrons. The lowest BCUT2D eigenvalue weighted by Gasteiger charge is -2.28. The Morgan fingerprint density at radius 1 is 0.714 bits per heavy atom. The van der Waals surface area contributed by atoms with Gasteiger partial charge >= 0.3 is 0 Å². The average Bonchev–Trinajstić information content (AvgIpc) is 3.10. The molecule has 0 aromatic heterocycles. The molecule has 2 heterocycles. The molecule has 0 aliphatic carbocycles. The molecule has 2 amide bonds. The van der Waals surface area contributed by atoms with Crippen LogP contribution < -0.4 is 15.1 Å². The normalized spacial score (nSPS) is 16.3. The van der Waals surface area contributed by atoms with Gasteiger partial charge in [0, 0.05) is 24.5 Å². The number of piperidine rings is 1. The largest absolute Gasteiger partial charge is 0.372 e. The summed E-state index contributed by atoms with van der Waals surface area (Å²) in [6, 6.07) is 21.7. The molecule has 5 rings (SSSR count). The summed E-state index contributed by atoms with van der Waals surface area (Å²) in [5.74, 6) is -0.643. The summed E-state index contributed by atoms with van der Waals surface area (Å²) >= 11 is 0. The highest BCUT2D eigenvalue weighted by Crippen LogP contribution is 2.35. The lowest BCUT2D eigenvalue weighted by Crippen LogP contribution is -2.33. The quantitative estimate of drug-likeness (QED) is 0.470. The van der Waals surface area contributed by atoms with Crippen LogP contribution in [0.15, 0.2) is 72.4 Å². The molecule has 3 aromatic carbocycles. The van der Waals surface area contributed by atoms with Crippen LogP contribution in [0.25, 0.3) is 5.57 Å². The molecule has 1 saturated heterocycles. The molecule has 1 N–H and O–H groups in total. The Bertz CT molecular complexity index is 1300. The predicted molar refractivity (Wildman–Crippen MR) is 143 cm³/mol. The van der Waals surface area contributed by atoms with Crippen LogP contribution in [0.4, 0.5) is 17.1 Å². The Labute approximate surface area is 207 Å². The number of nitrogens with one attached hydrogen (secondary N) is 1. The van der Waals surface area contributed by atoms with E-state index in [0.29, 0.717) is 17.0 Å². The number of benzene rings is 3. The lowest BCUT2D eigenvalue weighted by atomic mass is 10.0. The second-order valence-electron chi connectivity index (χ2n) is 9.57. The van der Waals surface area contributed by atoms with E-state index in [1.165, 1.54) is 29.8 Å². The first-order valence-electron chi connectivity index (χ1n) is 12.3. The van der Waals surface area contributed by atoms with Crippen molar-refractivity contribution < 1.29 is 9.59 Å². The highest BCUT2D eigenvalue weighted by molar-refractivity contribution is 6.46. The van der Waals surface area contributed by atoms with E-state index < -0.39 is 0 Å². The summed E-state index contributed by atoms with van der Waals surface area (Å²) in [5.41, 5.74) is 7.11. The van der Waals surface area contributed by atoms with Gasteiger partial charge in [-0.2, -0.15) is 0 Å². The molecule has 0 spiro atoms. The number of hydrogen-bond donors (Lipinski definition) is 1. The molecule has 2 aliphatic heterocycles. The Balaban J connectivity index is 1.51. The number of nitrogens with zero attached hydrogens (tertiary/aromatic N) is 2. The number of carbonyl (C=O) groups excluding carboxylic acids is 2. The number of hydrogen-bond acceptors (Lipinski definition) is 4. The van der Waals surface area contributed by atoms with Crippen molar-refractivity contribution in [3.63, 3.8) is 0 Å². The van der Waals surface area contributed by atoms with Gasteiger partial charge in [0.1, 0.15) is 5.70 Å². The first kappa shape index (κ1) is 22.9. The van der Waals surface area contributed by atoms with E-state index in [1.54, 1.807) is 0 Å². The zero-order chi connectivity index (χ0) is 24.5. The smallest absolute Gasteiger partial charge is 0.282 e. The molecule has 1 fully saturated rings. The van der Waals surface area contributed by atoms with Gasteiger partial charge in [0.25, 0.3) is 11.8 Å². The van der Waals surface area contributed by atoms with Crippen LogP contribution in [0.5, 0.6) is 0 Å². The van der Waals surface area contributed by atoms with Gasteiger partial charge in [0.15, 0.2) is 0 Å². The first-order chi connectivity index (χ1) is 16.9. The Hall–Kier alpha value is -3.86. The number of imide groups is 1. The van der Waals surface area contributed by atoms with Crippen LogP contribution in [0.2, 0.25) is 0 Å². The monoisotopic (exact) mass is 465 g/mol. The van der Waals surface area contributed by atoms with Crippen molar-refractivity contribution in [1.29, 1.82) is 0 Å². The van der Waals surface area contributed by atoms with Crippen molar-refractivity contribution in [1.82, 2.24) is 0 Å². The third-order valence-electron chi connectivity index (χ3n) is 6.88. The number of amides is 2. The van der Waals surface area contributed by atoms with Gasteiger partial charge in [0.05, 0.1) is 11.3 Å². The molecular formula is C30H31N3O2. The van der Waals surface area contributed by atoms with Crippen molar-refractivity contribution in [3.05, 3.63) is 94.7 Å². The zero-order valence-electron chi connectivity index (χ0n) is 20.6. The highest BCUT2D eigenvalue weighted by atomic mass is 16.2. The molecule has 2 aliphatic rings. The first-order valence-corrected chi connectivity index (χ1v) is 12.3. The summed E-state index contributed by atoms with van der Waals surface area (Å²) in [4.78, 5) is 31.1. The third kappa shape index (κ3) is 4.46. The van der Waals surface area contributed by atoms with E-state index in [0.717, 1.165) is 41.0 Å². The van der Waals surface area contributed by atoms with Crippen LogP contribution in [0.1, 0.15) is 41.5 Å². The van der Waals surface area contributed by atoms with Gasteiger partial charge in [-0.05, 0) is 81.5 Å². The van der Waals surface area contributed by atoms with E-state index in [-0.39, 0.29) is 11.8 Å². The van der Waals surface area contributed by atoms with Gasteiger partial charge in [-0.3, -0.25) is 9.59 Å². The van der Waals surface area contributed by atoms with Gasteiger partial charge < -0.3 is 10.2 Å². The molecule has 35 heavy (non-hydrogen) atoms. The Morgan fingerprint density at radius 2 is 1.37 bits per heavy atom. The lowest BCUT2D eigenvalue weighted by molar-refractivity contribution is -0.120. The second-order valence-corrected chi connectivity index (χ2v) is 9.57. The minimum Gasteiger partial charge on any atom is -0.372 e. The summed E-state index contributed by atoms with van der Waals surface area (Å²) in [5, 5.41) is 3.29. The van der Waals surface area contributed by atoms with Crippen molar-refractivity contribution in [2.24, 2.45) is 0 Å². The van der Waals surface area contributed by atoms with Crippen LogP contribution in [-0.4, -0.2) is 24.9 Å². The topological polar surface area (TPSA) is 52.7 Å². The summed E-state index contributed by atoms with van der Waals surface area (Å²) in [7, 11) is 0. The number of anilines is 3. The van der Waals surface area contributed by atoms with E-state index in [4.69, 9.17) is 0 Å². The molecule has 0 saturated carbocycles. The van der Waals surface area contributed by atoms with Gasteiger partial charge in [0.2, 0.25) is 0 Å². The maximum Gasteiger partial charge on any atom is 0.282 e. The number of carbonyl (C=O) groups is 2. The Kier molecular flexibility index (Phi) is 6.16. The molecule has 0 unspecified atom stereocenters. The van der Waals surface area contributed by atoms with Crippen molar-refractivity contribution in [2.45, 2.75) is 40.0 Å². The molecule has 5 nitrogen and oxygen atoms in total. The number of rotatable bonds is 5. The molecule has 3 aromatic rings. The van der Waals surface area contributed by atoms with E-state index in [1.807, 2.05) is 75.4 Å². The van der Waals surface area contributed by atoms with Gasteiger partial charge in [-0.1, -0.05) is 47.5 Å². The molecule has 5 heteroatoms. The average molecular weight is 466 g/mol. The minimum atomic E-state index is -0.336. The van der Waals surface area contributed by atoms with Crippen LogP contribution in [0, 0.1) is 20.8 Å². The highest BCUT2D eigenvalue weighted by Gasteiger charge is 2.40. The second kappa shape index (κ2) is 9.41. The van der Waals surface area contributed by atoms with E-state index in [2.05, 4.69) is 22.3 Å². The van der Waals surface area contributed by atoms with Crippen molar-refractivity contribution >= 4 is 34.4 Å². The fraction of sp³-hybridized carbons (Fsp3) is 0.267. The van der Waals surface area contributed by atoms with E-state index >= 15 is 0 Å². The fourth-order valence-electron chi connectivity index (χ4n) is 4.96. The van der Waals surface area contributed by atoms with Gasteiger partial charge in [-0.25, -0.2) is 4.90 Å². The molecule has 0 bridgehead atoms. The van der Waals surface area contributed by atoms with Crippen molar-refractivity contribution in [3.8, 4) is 0 Å². The SMILES string of the molecule is Cc1ccc(C2=C(Nc3ccc(N4CCCCC4)cc3)C(=O)N(c3ccc(C)cc3C)C2=O)cc1. The van der Waals surface area contributed by atoms with Crippen LogP contribution in [-0.2, 0) is 9.59 Å². The van der Waals surface area contributed by atoms with Crippen LogP contribution >= 0.6 is 0 Å². The van der Waals surface area contributed by atoms with Gasteiger partial charge in [-0.15, -0.1) is 0 Å². The molecular weight excluding hydrogens is 434 g/mol. The summed E-state index contributed by atoms with van der Waals surface area (Å²) in [6.07, 6.45) is 3.73. The fourth-order valence-corrected chi connectivity index (χ4v) is 4.96. The van der Waals surface area contributed by atoms with E-state index in [9.17, 15) is 9.59 Å². The summed E-state index contributed by atoms with van der Waals surface area (Å²) in [6.45, 7) is 8.09. The standard InChI is InChI=1S/C30H31N3O2/c1-20-7-10-23(11-8-20)27-28(30(35)33(29(27)34)26-16-9-21(2)19-22(26)3)31-24-12-14-25(15-13-24)32-17-5-4-6-18-32/h7-16,19,31H,4-6,17-18H2,1-3H3. The predicted octanol–water partition coefficient (Wildman–Crippen LogP) is 6.00. The zero-order valence-corrected chi connectivity index (χ0v) is 20.6.